The van der Waals surface area contributed by atoms with Crippen LogP contribution >= 0.6 is 0 Å². The summed E-state index contributed by atoms with van der Waals surface area (Å²) in [5, 5.41) is 3.48. The largest absolute Gasteiger partial charge is 0.313 e. The van der Waals surface area contributed by atoms with E-state index in [1.165, 1.54) is 48.8 Å². The fraction of sp³-hybridized carbons (Fsp3) is 0.625. The molecule has 1 aromatic carbocycles. The number of benzene rings is 1. The fourth-order valence-corrected chi connectivity index (χ4v) is 2.59. The lowest BCUT2D eigenvalue weighted by Gasteiger charge is -2.21. The summed E-state index contributed by atoms with van der Waals surface area (Å²) in [5.74, 6) is 0. The standard InChI is InChI=1S/C16H27N/c1-5-6-7-8-12-15(17-4)16-13(2)10-9-11-14(16)3/h9-11,15,17H,5-8,12H2,1-4H3. The first-order valence-electron chi connectivity index (χ1n) is 6.94. The van der Waals surface area contributed by atoms with Crippen molar-refractivity contribution in [1.82, 2.24) is 5.32 Å². The van der Waals surface area contributed by atoms with Gasteiger partial charge in [0.2, 0.25) is 0 Å². The Balaban J connectivity index is 2.66. The molecule has 0 aliphatic rings. The summed E-state index contributed by atoms with van der Waals surface area (Å²) < 4.78 is 0. The molecule has 0 aliphatic carbocycles. The molecule has 1 atom stereocenters. The Morgan fingerprint density at radius 1 is 1.06 bits per heavy atom. The Hall–Kier alpha value is -0.820. The summed E-state index contributed by atoms with van der Waals surface area (Å²) in [4.78, 5) is 0. The Bertz CT molecular complexity index is 310. The van der Waals surface area contributed by atoms with E-state index in [-0.39, 0.29) is 0 Å². The van der Waals surface area contributed by atoms with Crippen molar-refractivity contribution in [1.29, 1.82) is 0 Å². The van der Waals surface area contributed by atoms with Gasteiger partial charge in [-0.05, 0) is 44.0 Å². The molecule has 0 fully saturated rings. The van der Waals surface area contributed by atoms with Gasteiger partial charge >= 0.3 is 0 Å². The number of hydrogen-bond donors (Lipinski definition) is 1. The first-order valence-corrected chi connectivity index (χ1v) is 6.94. The zero-order chi connectivity index (χ0) is 12.7. The molecule has 17 heavy (non-hydrogen) atoms. The van der Waals surface area contributed by atoms with Gasteiger partial charge in [-0.3, -0.25) is 0 Å². The highest BCUT2D eigenvalue weighted by Gasteiger charge is 2.13. The second-order valence-corrected chi connectivity index (χ2v) is 5.00. The fourth-order valence-electron chi connectivity index (χ4n) is 2.59. The molecule has 0 saturated heterocycles. The topological polar surface area (TPSA) is 12.0 Å². The molecule has 0 saturated carbocycles. The van der Waals surface area contributed by atoms with Crippen LogP contribution in [0.15, 0.2) is 18.2 Å². The molecule has 1 N–H and O–H groups in total. The van der Waals surface area contributed by atoms with Crippen LogP contribution in [-0.2, 0) is 0 Å². The highest BCUT2D eigenvalue weighted by Crippen LogP contribution is 2.26. The molecule has 1 heteroatoms. The molecular weight excluding hydrogens is 206 g/mol. The molecule has 0 heterocycles. The Kier molecular flexibility index (Phi) is 6.28. The molecule has 1 aromatic rings. The summed E-state index contributed by atoms with van der Waals surface area (Å²) in [5.41, 5.74) is 4.34. The van der Waals surface area contributed by atoms with Crippen LogP contribution in [0.2, 0.25) is 0 Å². The van der Waals surface area contributed by atoms with Crippen LogP contribution in [0.5, 0.6) is 0 Å². The van der Waals surface area contributed by atoms with Crippen molar-refractivity contribution in [3.63, 3.8) is 0 Å². The molecular formula is C16H27N. The maximum atomic E-state index is 3.48. The third-order valence-electron chi connectivity index (χ3n) is 3.59. The van der Waals surface area contributed by atoms with Crippen molar-refractivity contribution in [2.75, 3.05) is 7.05 Å². The Morgan fingerprint density at radius 3 is 2.24 bits per heavy atom. The summed E-state index contributed by atoms with van der Waals surface area (Å²) in [6.07, 6.45) is 6.62. The van der Waals surface area contributed by atoms with E-state index < -0.39 is 0 Å². The van der Waals surface area contributed by atoms with E-state index in [4.69, 9.17) is 0 Å². The molecule has 0 radical (unpaired) electrons. The van der Waals surface area contributed by atoms with E-state index in [0.717, 1.165) is 0 Å². The Labute approximate surface area is 107 Å². The molecule has 0 aliphatic heterocycles. The molecule has 0 spiro atoms. The quantitative estimate of drug-likeness (QED) is 0.682. The summed E-state index contributed by atoms with van der Waals surface area (Å²) in [6.45, 7) is 6.71. The number of hydrogen-bond acceptors (Lipinski definition) is 1. The van der Waals surface area contributed by atoms with Crippen LogP contribution in [0.25, 0.3) is 0 Å². The van der Waals surface area contributed by atoms with Gasteiger partial charge in [-0.2, -0.15) is 0 Å². The van der Waals surface area contributed by atoms with Gasteiger partial charge in [0.05, 0.1) is 0 Å². The second kappa shape index (κ2) is 7.50. The van der Waals surface area contributed by atoms with Crippen molar-refractivity contribution < 1.29 is 0 Å². The number of unbranched alkanes of at least 4 members (excludes halogenated alkanes) is 3. The van der Waals surface area contributed by atoms with Crippen LogP contribution < -0.4 is 5.32 Å². The van der Waals surface area contributed by atoms with Gasteiger partial charge in [0.15, 0.2) is 0 Å². The van der Waals surface area contributed by atoms with Gasteiger partial charge in [0, 0.05) is 6.04 Å². The van der Waals surface area contributed by atoms with E-state index in [1.807, 2.05) is 0 Å². The lowest BCUT2D eigenvalue weighted by Crippen LogP contribution is -2.18. The highest BCUT2D eigenvalue weighted by atomic mass is 14.9. The van der Waals surface area contributed by atoms with E-state index in [1.54, 1.807) is 0 Å². The third kappa shape index (κ3) is 4.16. The Morgan fingerprint density at radius 2 is 1.71 bits per heavy atom. The maximum Gasteiger partial charge on any atom is 0.0322 e. The van der Waals surface area contributed by atoms with E-state index in [0.29, 0.717) is 6.04 Å². The lowest BCUT2D eigenvalue weighted by molar-refractivity contribution is 0.501. The summed E-state index contributed by atoms with van der Waals surface area (Å²) in [7, 11) is 2.08. The minimum absolute atomic E-state index is 0.521. The van der Waals surface area contributed by atoms with Crippen molar-refractivity contribution in [2.24, 2.45) is 0 Å². The minimum Gasteiger partial charge on any atom is -0.313 e. The van der Waals surface area contributed by atoms with Crippen molar-refractivity contribution in [2.45, 2.75) is 58.9 Å². The average molecular weight is 233 g/mol. The van der Waals surface area contributed by atoms with Gasteiger partial charge in [0.1, 0.15) is 0 Å². The molecule has 1 unspecified atom stereocenters. The van der Waals surface area contributed by atoms with Gasteiger partial charge < -0.3 is 5.32 Å². The first-order chi connectivity index (χ1) is 8.20. The first kappa shape index (κ1) is 14.2. The smallest absolute Gasteiger partial charge is 0.0322 e. The van der Waals surface area contributed by atoms with Crippen LogP contribution in [-0.4, -0.2) is 7.05 Å². The molecule has 1 rings (SSSR count). The van der Waals surface area contributed by atoms with Crippen molar-refractivity contribution >= 4 is 0 Å². The van der Waals surface area contributed by atoms with Crippen LogP contribution in [0, 0.1) is 13.8 Å². The summed E-state index contributed by atoms with van der Waals surface area (Å²) in [6, 6.07) is 7.11. The molecule has 1 nitrogen and oxygen atoms in total. The van der Waals surface area contributed by atoms with Crippen molar-refractivity contribution in [3.8, 4) is 0 Å². The van der Waals surface area contributed by atoms with E-state index in [9.17, 15) is 0 Å². The van der Waals surface area contributed by atoms with Crippen LogP contribution in [0.4, 0.5) is 0 Å². The number of aryl methyl sites for hydroxylation is 2. The molecule has 96 valence electrons. The second-order valence-electron chi connectivity index (χ2n) is 5.00. The normalized spacial score (nSPS) is 12.7. The zero-order valence-electron chi connectivity index (χ0n) is 11.8. The summed E-state index contributed by atoms with van der Waals surface area (Å²) >= 11 is 0. The monoisotopic (exact) mass is 233 g/mol. The predicted molar refractivity (Wildman–Crippen MR) is 76.5 cm³/mol. The molecule has 0 aromatic heterocycles. The molecule has 0 amide bonds. The SMILES string of the molecule is CCCCCCC(NC)c1c(C)cccc1C. The van der Waals surface area contributed by atoms with Gasteiger partial charge in [-0.1, -0.05) is 50.8 Å². The van der Waals surface area contributed by atoms with E-state index >= 15 is 0 Å². The van der Waals surface area contributed by atoms with Crippen molar-refractivity contribution in [3.05, 3.63) is 34.9 Å². The van der Waals surface area contributed by atoms with E-state index in [2.05, 4.69) is 51.3 Å². The number of rotatable bonds is 7. The van der Waals surface area contributed by atoms with Crippen LogP contribution in [0.1, 0.15) is 61.8 Å². The highest BCUT2D eigenvalue weighted by molar-refractivity contribution is 5.36. The molecule has 0 bridgehead atoms. The minimum atomic E-state index is 0.521. The van der Waals surface area contributed by atoms with Gasteiger partial charge in [-0.25, -0.2) is 0 Å². The number of nitrogens with one attached hydrogen (secondary N) is 1. The zero-order valence-corrected chi connectivity index (χ0v) is 11.8. The lowest BCUT2D eigenvalue weighted by atomic mass is 9.92. The van der Waals surface area contributed by atoms with Crippen LogP contribution in [0.3, 0.4) is 0 Å². The maximum absolute atomic E-state index is 3.48. The predicted octanol–water partition coefficient (Wildman–Crippen LogP) is 4.53. The third-order valence-corrected chi connectivity index (χ3v) is 3.59. The van der Waals surface area contributed by atoms with Gasteiger partial charge in [0.25, 0.3) is 0 Å². The average Bonchev–Trinajstić information content (AvgIpc) is 2.31. The van der Waals surface area contributed by atoms with Gasteiger partial charge in [-0.15, -0.1) is 0 Å².